The molecule has 2 heterocycles. The molecule has 2 fully saturated rings. The molecule has 2 aromatic carbocycles. The maximum absolute atomic E-state index is 13.0. The van der Waals surface area contributed by atoms with Gasteiger partial charge < -0.3 is 24.6 Å². The Morgan fingerprint density at radius 2 is 1.92 bits per heavy atom. The minimum atomic E-state index is -1.06. The van der Waals surface area contributed by atoms with Gasteiger partial charge in [-0.1, -0.05) is 37.6 Å². The summed E-state index contributed by atoms with van der Waals surface area (Å²) in [5.41, 5.74) is 4.73. The number of anilines is 1. The molecule has 4 atom stereocenters. The summed E-state index contributed by atoms with van der Waals surface area (Å²) in [6.07, 6.45) is 9.91. The number of hydrogen-bond acceptors (Lipinski definition) is 7. The molecule has 4 aliphatic rings. The first kappa shape index (κ1) is 36.0. The summed E-state index contributed by atoms with van der Waals surface area (Å²) in [7, 11) is 0. The topological polar surface area (TPSA) is 93.2 Å². The number of carboxylic acid groups (broad SMARTS) is 1. The standard InChI is InChI=1S/C42H54ClN3O5/c1-28(27-50-38-12-17-44-37-9-4-6-29(2)39(37)38)22-32-23-31-10-11-35(51-30(3)26-46-18-20-49-21-19-46)25-36(31)41(32)13-15-42(16-14-41,40(47)48)45-34-8-5-7-33(43)24-34/h5,7-8,10-12,17,24-25,28-30,32,45H,4,6,9,13-16,18-23,26-27H2,1-3H3,(H,47,48)/t28-,29-,30+,32?,41?,42?/m1/s1. The van der Waals surface area contributed by atoms with Crippen LogP contribution in [0.3, 0.4) is 0 Å². The number of nitrogens with one attached hydrogen (secondary N) is 1. The molecule has 9 heteroatoms. The van der Waals surface area contributed by atoms with Crippen LogP contribution in [0.4, 0.5) is 5.69 Å². The normalized spacial score (nSPS) is 27.3. The number of carboxylic acids is 1. The van der Waals surface area contributed by atoms with Crippen molar-refractivity contribution in [1.29, 1.82) is 0 Å². The third-order valence-corrected chi connectivity index (χ3v) is 12.5. The molecule has 1 saturated heterocycles. The van der Waals surface area contributed by atoms with Crippen LogP contribution in [0.25, 0.3) is 0 Å². The quantitative estimate of drug-likeness (QED) is 0.194. The van der Waals surface area contributed by atoms with Gasteiger partial charge in [0.05, 0.1) is 19.8 Å². The van der Waals surface area contributed by atoms with Crippen molar-refractivity contribution >= 4 is 23.3 Å². The van der Waals surface area contributed by atoms with E-state index in [-0.39, 0.29) is 11.5 Å². The fraction of sp³-hybridized carbons (Fsp3) is 0.571. The lowest BCUT2D eigenvalue weighted by atomic mass is 9.59. The average molecular weight is 716 g/mol. The molecule has 3 aliphatic carbocycles. The van der Waals surface area contributed by atoms with Crippen molar-refractivity contribution < 1.29 is 24.1 Å². The van der Waals surface area contributed by atoms with Crippen molar-refractivity contribution in [2.45, 2.75) is 102 Å². The van der Waals surface area contributed by atoms with Crippen molar-refractivity contribution in [3.8, 4) is 11.5 Å². The molecule has 51 heavy (non-hydrogen) atoms. The summed E-state index contributed by atoms with van der Waals surface area (Å²) in [5, 5.41) is 14.7. The zero-order valence-corrected chi connectivity index (χ0v) is 31.2. The van der Waals surface area contributed by atoms with E-state index in [4.69, 9.17) is 25.8 Å². The van der Waals surface area contributed by atoms with Gasteiger partial charge in [-0.15, -0.1) is 0 Å². The van der Waals surface area contributed by atoms with Crippen LogP contribution >= 0.6 is 11.6 Å². The Labute approximate surface area is 308 Å². The van der Waals surface area contributed by atoms with Crippen LogP contribution in [0.1, 0.15) is 94.0 Å². The number of fused-ring (bicyclic) bond motifs is 3. The van der Waals surface area contributed by atoms with Gasteiger partial charge in [-0.05, 0) is 135 Å². The monoisotopic (exact) mass is 715 g/mol. The Kier molecular flexibility index (Phi) is 10.8. The second-order valence-electron chi connectivity index (χ2n) is 15.9. The predicted molar refractivity (Wildman–Crippen MR) is 201 cm³/mol. The second-order valence-corrected chi connectivity index (χ2v) is 16.3. The van der Waals surface area contributed by atoms with E-state index in [0.29, 0.717) is 42.2 Å². The van der Waals surface area contributed by atoms with Crippen LogP contribution in [-0.2, 0) is 27.8 Å². The summed E-state index contributed by atoms with van der Waals surface area (Å²) < 4.78 is 18.7. The van der Waals surface area contributed by atoms with Gasteiger partial charge in [0, 0.05) is 47.8 Å². The van der Waals surface area contributed by atoms with Gasteiger partial charge >= 0.3 is 5.97 Å². The molecule has 2 N–H and O–H groups in total. The van der Waals surface area contributed by atoms with Gasteiger partial charge in [-0.2, -0.15) is 0 Å². The first-order chi connectivity index (χ1) is 24.6. The van der Waals surface area contributed by atoms with Crippen LogP contribution in [-0.4, -0.2) is 72.1 Å². The number of ether oxygens (including phenoxy) is 3. The highest BCUT2D eigenvalue weighted by Crippen LogP contribution is 2.57. The van der Waals surface area contributed by atoms with E-state index in [2.05, 4.69) is 54.2 Å². The number of morpholine rings is 1. The Balaban J connectivity index is 1.11. The Hall–Kier alpha value is -3.33. The highest BCUT2D eigenvalue weighted by atomic mass is 35.5. The zero-order chi connectivity index (χ0) is 35.6. The number of aromatic nitrogens is 1. The lowest BCUT2D eigenvalue weighted by Crippen LogP contribution is -2.53. The molecule has 0 bridgehead atoms. The number of pyridine rings is 1. The van der Waals surface area contributed by atoms with Crippen molar-refractivity contribution in [2.75, 3.05) is 44.8 Å². The van der Waals surface area contributed by atoms with Gasteiger partial charge in [0.25, 0.3) is 0 Å². The van der Waals surface area contributed by atoms with Gasteiger partial charge in [0.2, 0.25) is 0 Å². The minimum absolute atomic E-state index is 0.0426. The molecule has 0 amide bonds. The molecule has 1 aliphatic heterocycles. The van der Waals surface area contributed by atoms with E-state index < -0.39 is 11.5 Å². The third-order valence-electron chi connectivity index (χ3n) is 12.2. The summed E-state index contributed by atoms with van der Waals surface area (Å²) in [6.45, 7) is 11.7. The van der Waals surface area contributed by atoms with E-state index in [1.54, 1.807) is 0 Å². The number of benzene rings is 2. The maximum Gasteiger partial charge on any atom is 0.329 e. The summed E-state index contributed by atoms with van der Waals surface area (Å²) in [4.78, 5) is 20.1. The van der Waals surface area contributed by atoms with Crippen LogP contribution < -0.4 is 14.8 Å². The number of rotatable bonds is 12. The van der Waals surface area contributed by atoms with Gasteiger partial charge in [0.1, 0.15) is 23.1 Å². The molecule has 1 spiro atoms. The van der Waals surface area contributed by atoms with Gasteiger partial charge in [0.15, 0.2) is 0 Å². The van der Waals surface area contributed by atoms with E-state index in [9.17, 15) is 9.90 Å². The van der Waals surface area contributed by atoms with Crippen LogP contribution in [0.5, 0.6) is 11.5 Å². The van der Waals surface area contributed by atoms with E-state index in [1.165, 1.54) is 35.2 Å². The highest BCUT2D eigenvalue weighted by Gasteiger charge is 2.54. The van der Waals surface area contributed by atoms with Crippen LogP contribution in [0.2, 0.25) is 5.02 Å². The summed E-state index contributed by atoms with van der Waals surface area (Å²) in [5.74, 6) is 2.24. The fourth-order valence-corrected chi connectivity index (χ4v) is 9.76. The molecule has 8 nitrogen and oxygen atoms in total. The molecule has 1 aromatic heterocycles. The number of halogens is 1. The summed E-state index contributed by atoms with van der Waals surface area (Å²) in [6, 6.07) is 16.1. The van der Waals surface area contributed by atoms with Gasteiger partial charge in [-0.25, -0.2) is 4.79 Å². The highest BCUT2D eigenvalue weighted by molar-refractivity contribution is 6.30. The number of aryl methyl sites for hydroxylation is 1. The first-order valence-electron chi connectivity index (χ1n) is 19.1. The molecule has 3 aromatic rings. The molecule has 7 rings (SSSR count). The zero-order valence-electron chi connectivity index (χ0n) is 30.5. The van der Waals surface area contributed by atoms with E-state index in [0.717, 1.165) is 82.1 Å². The smallest absolute Gasteiger partial charge is 0.329 e. The second kappa shape index (κ2) is 15.3. The van der Waals surface area contributed by atoms with Gasteiger partial charge in [-0.3, -0.25) is 9.88 Å². The van der Waals surface area contributed by atoms with Crippen molar-refractivity contribution in [2.24, 2.45) is 11.8 Å². The van der Waals surface area contributed by atoms with Crippen molar-refractivity contribution in [1.82, 2.24) is 9.88 Å². The SMILES string of the molecule is C[C@@H](COc1ccnc2c1[C@H](C)CCC2)CC1Cc2ccc(O[C@@H](C)CN3CCOCC3)cc2C12CCC(Nc1cccc(Cl)c1)(C(=O)O)CC2. The Bertz CT molecular complexity index is 1680. The lowest BCUT2D eigenvalue weighted by molar-refractivity contribution is -0.144. The van der Waals surface area contributed by atoms with Crippen molar-refractivity contribution in [3.05, 3.63) is 82.1 Å². The maximum atomic E-state index is 13.0. The van der Waals surface area contributed by atoms with Crippen LogP contribution in [0.15, 0.2) is 54.7 Å². The largest absolute Gasteiger partial charge is 0.493 e. The minimum Gasteiger partial charge on any atom is -0.493 e. The van der Waals surface area contributed by atoms with Crippen molar-refractivity contribution in [3.63, 3.8) is 0 Å². The predicted octanol–water partition coefficient (Wildman–Crippen LogP) is 8.30. The van der Waals surface area contributed by atoms with E-state index >= 15 is 0 Å². The Morgan fingerprint density at radius 3 is 2.69 bits per heavy atom. The fourth-order valence-electron chi connectivity index (χ4n) is 9.57. The molecule has 0 radical (unpaired) electrons. The number of aliphatic carboxylic acids is 1. The summed E-state index contributed by atoms with van der Waals surface area (Å²) >= 11 is 6.30. The molecule has 1 saturated carbocycles. The molecular formula is C42H54ClN3O5. The number of nitrogens with zero attached hydrogens (tertiary/aromatic N) is 2. The molecular weight excluding hydrogens is 662 g/mol. The molecule has 1 unspecified atom stereocenters. The first-order valence-corrected chi connectivity index (χ1v) is 19.5. The van der Waals surface area contributed by atoms with E-state index in [1.807, 2.05) is 36.5 Å². The number of carbonyl (C=O) groups is 1. The number of hydrogen-bond donors (Lipinski definition) is 2. The lowest BCUT2D eigenvalue weighted by Gasteiger charge is -2.47. The van der Waals surface area contributed by atoms with Crippen LogP contribution in [0, 0.1) is 11.8 Å². The third kappa shape index (κ3) is 7.74. The molecule has 274 valence electrons. The Morgan fingerprint density at radius 1 is 1.12 bits per heavy atom. The average Bonchev–Trinajstić information content (AvgIpc) is 3.40.